The third-order valence-corrected chi connectivity index (χ3v) is 3.29. The summed E-state index contributed by atoms with van der Waals surface area (Å²) in [7, 11) is 0. The molecule has 0 aliphatic heterocycles. The Hall–Kier alpha value is -2.82. The summed E-state index contributed by atoms with van der Waals surface area (Å²) in [5, 5.41) is 2.79. The molecule has 0 unspecified atom stereocenters. The summed E-state index contributed by atoms with van der Waals surface area (Å²) in [4.78, 5) is 20.6. The maximum absolute atomic E-state index is 12.8. The van der Waals surface area contributed by atoms with E-state index in [-0.39, 0.29) is 17.4 Å². The Kier molecular flexibility index (Phi) is 4.05. The van der Waals surface area contributed by atoms with Crippen molar-refractivity contribution in [1.29, 1.82) is 0 Å². The predicted molar refractivity (Wildman–Crippen MR) is 82.0 cm³/mol. The minimum absolute atomic E-state index is 0.264. The molecule has 0 atom stereocenters. The molecule has 2 aromatic carbocycles. The van der Waals surface area contributed by atoms with Gasteiger partial charge in [-0.2, -0.15) is 0 Å². The smallest absolute Gasteiger partial charge is 0.271 e. The molecular weight excluding hydrogens is 281 g/mol. The number of carbonyl (C=O) groups is 1. The second-order valence-corrected chi connectivity index (χ2v) is 4.88. The highest BCUT2D eigenvalue weighted by Gasteiger charge is 2.08. The summed E-state index contributed by atoms with van der Waals surface area (Å²) >= 11 is 0. The fourth-order valence-electron chi connectivity index (χ4n) is 2.13. The molecule has 0 spiro atoms. The van der Waals surface area contributed by atoms with E-state index >= 15 is 0 Å². The molecule has 1 N–H and O–H groups in total. The van der Waals surface area contributed by atoms with E-state index in [9.17, 15) is 9.18 Å². The minimum atomic E-state index is -0.265. The number of rotatable bonds is 4. The Morgan fingerprint density at radius 3 is 2.55 bits per heavy atom. The Balaban J connectivity index is 1.62. The normalized spacial score (nSPS) is 10.6. The Bertz CT molecular complexity index is 802. The van der Waals surface area contributed by atoms with Gasteiger partial charge < -0.3 is 5.32 Å². The van der Waals surface area contributed by atoms with Gasteiger partial charge in [0.15, 0.2) is 0 Å². The molecule has 3 rings (SSSR count). The van der Waals surface area contributed by atoms with Crippen LogP contribution in [0.15, 0.2) is 54.7 Å². The van der Waals surface area contributed by atoms with Gasteiger partial charge in [0, 0.05) is 6.54 Å². The van der Waals surface area contributed by atoms with E-state index in [2.05, 4.69) is 15.3 Å². The standard InChI is InChI=1S/C17H14FN3O/c18-13-7-5-12(6-8-13)9-10-19-17(22)16-11-20-14-3-1-2-4-15(14)21-16/h1-8,11H,9-10H2,(H,19,22). The van der Waals surface area contributed by atoms with Gasteiger partial charge in [-0.25, -0.2) is 9.37 Å². The maximum atomic E-state index is 12.8. The van der Waals surface area contributed by atoms with Crippen LogP contribution in [0.4, 0.5) is 4.39 Å². The largest absolute Gasteiger partial charge is 0.350 e. The quantitative estimate of drug-likeness (QED) is 0.805. The molecule has 1 amide bonds. The number of nitrogens with zero attached hydrogens (tertiary/aromatic N) is 2. The molecule has 0 aliphatic rings. The Morgan fingerprint density at radius 1 is 1.05 bits per heavy atom. The van der Waals surface area contributed by atoms with Gasteiger partial charge in [-0.05, 0) is 36.2 Å². The molecule has 1 aromatic heterocycles. The van der Waals surface area contributed by atoms with Gasteiger partial charge >= 0.3 is 0 Å². The van der Waals surface area contributed by atoms with E-state index in [0.717, 1.165) is 11.1 Å². The molecule has 0 saturated carbocycles. The molecule has 5 heteroatoms. The van der Waals surface area contributed by atoms with Crippen molar-refractivity contribution in [2.75, 3.05) is 6.54 Å². The van der Waals surface area contributed by atoms with Crippen LogP contribution in [-0.2, 0) is 6.42 Å². The fourth-order valence-corrected chi connectivity index (χ4v) is 2.13. The fraction of sp³-hybridized carbons (Fsp3) is 0.118. The number of benzene rings is 2. The van der Waals surface area contributed by atoms with Crippen LogP contribution >= 0.6 is 0 Å². The van der Waals surface area contributed by atoms with Gasteiger partial charge in [0.25, 0.3) is 5.91 Å². The first-order chi connectivity index (χ1) is 10.7. The predicted octanol–water partition coefficient (Wildman–Crippen LogP) is 2.74. The van der Waals surface area contributed by atoms with Crippen LogP contribution in [0.3, 0.4) is 0 Å². The molecule has 4 nitrogen and oxygen atoms in total. The number of fused-ring (bicyclic) bond motifs is 1. The number of hydrogen-bond acceptors (Lipinski definition) is 3. The lowest BCUT2D eigenvalue weighted by atomic mass is 10.1. The van der Waals surface area contributed by atoms with E-state index < -0.39 is 0 Å². The van der Waals surface area contributed by atoms with E-state index in [1.165, 1.54) is 18.3 Å². The second kappa shape index (κ2) is 6.30. The van der Waals surface area contributed by atoms with E-state index in [4.69, 9.17) is 0 Å². The summed E-state index contributed by atoms with van der Waals surface area (Å²) in [6.45, 7) is 0.457. The first kappa shape index (κ1) is 14.1. The van der Waals surface area contributed by atoms with Crippen molar-refractivity contribution in [1.82, 2.24) is 15.3 Å². The van der Waals surface area contributed by atoms with Crippen LogP contribution in [0.1, 0.15) is 16.1 Å². The average Bonchev–Trinajstić information content (AvgIpc) is 2.56. The van der Waals surface area contributed by atoms with Crippen molar-refractivity contribution in [3.05, 3.63) is 71.8 Å². The van der Waals surface area contributed by atoms with Crippen LogP contribution in [-0.4, -0.2) is 22.4 Å². The van der Waals surface area contributed by atoms with Gasteiger partial charge in [0.2, 0.25) is 0 Å². The zero-order valence-corrected chi connectivity index (χ0v) is 11.8. The third-order valence-electron chi connectivity index (χ3n) is 3.29. The number of hydrogen-bond donors (Lipinski definition) is 1. The zero-order chi connectivity index (χ0) is 15.4. The van der Waals surface area contributed by atoms with Crippen LogP contribution in [0, 0.1) is 5.82 Å². The molecule has 110 valence electrons. The van der Waals surface area contributed by atoms with Gasteiger partial charge in [-0.3, -0.25) is 9.78 Å². The van der Waals surface area contributed by atoms with E-state index in [1.807, 2.05) is 24.3 Å². The van der Waals surface area contributed by atoms with Crippen molar-refractivity contribution in [2.45, 2.75) is 6.42 Å². The first-order valence-electron chi connectivity index (χ1n) is 6.97. The number of amides is 1. The van der Waals surface area contributed by atoms with Crippen LogP contribution < -0.4 is 5.32 Å². The lowest BCUT2D eigenvalue weighted by Crippen LogP contribution is -2.26. The number of carbonyl (C=O) groups excluding carboxylic acids is 1. The maximum Gasteiger partial charge on any atom is 0.271 e. The first-order valence-corrected chi connectivity index (χ1v) is 6.97. The summed E-state index contributed by atoms with van der Waals surface area (Å²) in [5.41, 5.74) is 2.70. The van der Waals surface area contributed by atoms with Crippen molar-refractivity contribution in [3.8, 4) is 0 Å². The lowest BCUT2D eigenvalue weighted by molar-refractivity contribution is 0.0949. The van der Waals surface area contributed by atoms with Gasteiger partial charge in [0.1, 0.15) is 11.5 Å². The Labute approximate surface area is 127 Å². The summed E-state index contributed by atoms with van der Waals surface area (Å²) in [6, 6.07) is 13.6. The van der Waals surface area contributed by atoms with E-state index in [1.54, 1.807) is 12.1 Å². The molecule has 0 fully saturated rings. The van der Waals surface area contributed by atoms with Crippen LogP contribution in [0.25, 0.3) is 11.0 Å². The van der Waals surface area contributed by atoms with E-state index in [0.29, 0.717) is 18.5 Å². The summed E-state index contributed by atoms with van der Waals surface area (Å²) in [6.07, 6.45) is 2.10. The van der Waals surface area contributed by atoms with Crippen molar-refractivity contribution < 1.29 is 9.18 Å². The molecule has 0 saturated heterocycles. The van der Waals surface area contributed by atoms with Crippen molar-refractivity contribution in [3.63, 3.8) is 0 Å². The zero-order valence-electron chi connectivity index (χ0n) is 11.8. The molecule has 1 heterocycles. The number of halogens is 1. The topological polar surface area (TPSA) is 54.9 Å². The highest BCUT2D eigenvalue weighted by molar-refractivity contribution is 5.93. The average molecular weight is 295 g/mol. The molecule has 3 aromatic rings. The summed E-state index contributed by atoms with van der Waals surface area (Å²) < 4.78 is 12.8. The minimum Gasteiger partial charge on any atom is -0.350 e. The molecule has 0 aliphatic carbocycles. The third kappa shape index (κ3) is 3.25. The Morgan fingerprint density at radius 2 is 1.77 bits per heavy atom. The van der Waals surface area contributed by atoms with Crippen LogP contribution in [0.5, 0.6) is 0 Å². The van der Waals surface area contributed by atoms with Crippen molar-refractivity contribution in [2.24, 2.45) is 0 Å². The SMILES string of the molecule is O=C(NCCc1ccc(F)cc1)c1cnc2ccccc2n1. The molecule has 22 heavy (non-hydrogen) atoms. The molecular formula is C17H14FN3O. The molecule has 0 bridgehead atoms. The monoisotopic (exact) mass is 295 g/mol. The molecule has 0 radical (unpaired) electrons. The van der Waals surface area contributed by atoms with Gasteiger partial charge in [-0.15, -0.1) is 0 Å². The number of para-hydroxylation sites is 2. The second-order valence-electron chi connectivity index (χ2n) is 4.88. The summed E-state index contributed by atoms with van der Waals surface area (Å²) in [5.74, 6) is -0.528. The highest BCUT2D eigenvalue weighted by Crippen LogP contribution is 2.08. The highest BCUT2D eigenvalue weighted by atomic mass is 19.1. The number of nitrogens with one attached hydrogen (secondary N) is 1. The van der Waals surface area contributed by atoms with Crippen molar-refractivity contribution >= 4 is 16.9 Å². The number of aromatic nitrogens is 2. The van der Waals surface area contributed by atoms with Crippen LogP contribution in [0.2, 0.25) is 0 Å². The van der Waals surface area contributed by atoms with Gasteiger partial charge in [-0.1, -0.05) is 24.3 Å². The van der Waals surface area contributed by atoms with Gasteiger partial charge in [0.05, 0.1) is 17.2 Å². The lowest BCUT2D eigenvalue weighted by Gasteiger charge is -2.05.